The lowest BCUT2D eigenvalue weighted by Gasteiger charge is -2.30. The van der Waals surface area contributed by atoms with Crippen LogP contribution >= 0.6 is 0 Å². The lowest BCUT2D eigenvalue weighted by Crippen LogP contribution is -2.41. The zero-order valence-corrected chi connectivity index (χ0v) is 11.5. The lowest BCUT2D eigenvalue weighted by atomic mass is 10.0. The lowest BCUT2D eigenvalue weighted by molar-refractivity contribution is -0.145. The molecule has 1 N–H and O–H groups in total. The monoisotopic (exact) mass is 277 g/mol. The van der Waals surface area contributed by atoms with E-state index >= 15 is 0 Å². The molecule has 0 fully saturated rings. The predicted octanol–water partition coefficient (Wildman–Crippen LogP) is 1.28. The highest BCUT2D eigenvalue weighted by molar-refractivity contribution is 5.96. The number of β-amino-alcohol motifs (C(OH)–C–C–N with tert-alkyl or cyclic N) is 1. The van der Waals surface area contributed by atoms with Crippen molar-refractivity contribution < 1.29 is 19.4 Å². The summed E-state index contributed by atoms with van der Waals surface area (Å²) in [6, 6.07) is 7.64. The third-order valence-corrected chi connectivity index (χ3v) is 3.29. The molecule has 0 saturated heterocycles. The van der Waals surface area contributed by atoms with Crippen molar-refractivity contribution in [2.24, 2.45) is 0 Å². The number of nitrogens with zero attached hydrogens (tertiary/aromatic N) is 1. The molecule has 0 aliphatic carbocycles. The van der Waals surface area contributed by atoms with E-state index < -0.39 is 12.1 Å². The molecule has 1 aliphatic heterocycles. The summed E-state index contributed by atoms with van der Waals surface area (Å²) in [5, 5.41) is 9.95. The van der Waals surface area contributed by atoms with Gasteiger partial charge in [0.2, 0.25) is 5.91 Å². The number of hydrogen-bond donors (Lipinski definition) is 1. The number of carbonyl (C=O) groups excluding carboxylic acids is 2. The van der Waals surface area contributed by atoms with E-state index in [9.17, 15) is 14.7 Å². The molecule has 0 spiro atoms. The van der Waals surface area contributed by atoms with Crippen molar-refractivity contribution in [1.29, 1.82) is 0 Å². The van der Waals surface area contributed by atoms with Gasteiger partial charge in [0.1, 0.15) is 0 Å². The molecule has 1 unspecified atom stereocenters. The number of ether oxygens (including phenoxy) is 1. The fourth-order valence-corrected chi connectivity index (χ4v) is 2.38. The molecule has 1 amide bonds. The first-order valence-corrected chi connectivity index (χ1v) is 6.83. The van der Waals surface area contributed by atoms with E-state index in [0.717, 1.165) is 17.7 Å². The molecular weight excluding hydrogens is 258 g/mol. The van der Waals surface area contributed by atoms with Crippen LogP contribution in [0, 0.1) is 0 Å². The second-order valence-corrected chi connectivity index (χ2v) is 4.80. The number of benzene rings is 1. The SMILES string of the molecule is CCOC(=O)CC(O)CN1C(=O)CCc2ccccc21. The van der Waals surface area contributed by atoms with Gasteiger partial charge in [0.05, 0.1) is 25.7 Å². The highest BCUT2D eigenvalue weighted by Gasteiger charge is 2.26. The van der Waals surface area contributed by atoms with Gasteiger partial charge in [-0.2, -0.15) is 0 Å². The van der Waals surface area contributed by atoms with E-state index in [0.29, 0.717) is 6.42 Å². The molecule has 1 heterocycles. The summed E-state index contributed by atoms with van der Waals surface area (Å²) in [7, 11) is 0. The zero-order valence-electron chi connectivity index (χ0n) is 11.5. The first-order chi connectivity index (χ1) is 9.61. The molecule has 5 heteroatoms. The van der Waals surface area contributed by atoms with Crippen molar-refractivity contribution in [3.8, 4) is 0 Å². The van der Waals surface area contributed by atoms with E-state index in [4.69, 9.17) is 4.74 Å². The van der Waals surface area contributed by atoms with E-state index in [1.165, 1.54) is 0 Å². The molecule has 108 valence electrons. The van der Waals surface area contributed by atoms with Crippen LogP contribution in [0.3, 0.4) is 0 Å². The van der Waals surface area contributed by atoms with Crippen LogP contribution in [-0.2, 0) is 20.7 Å². The van der Waals surface area contributed by atoms with Gasteiger partial charge in [-0.3, -0.25) is 9.59 Å². The minimum Gasteiger partial charge on any atom is -0.466 e. The Balaban J connectivity index is 2.05. The number of aliphatic hydroxyl groups is 1. The maximum absolute atomic E-state index is 12.0. The minimum absolute atomic E-state index is 0.0217. The smallest absolute Gasteiger partial charge is 0.308 e. The largest absolute Gasteiger partial charge is 0.466 e. The summed E-state index contributed by atoms with van der Waals surface area (Å²) >= 11 is 0. The Morgan fingerprint density at radius 1 is 1.40 bits per heavy atom. The molecule has 0 radical (unpaired) electrons. The Morgan fingerprint density at radius 3 is 2.90 bits per heavy atom. The number of amides is 1. The van der Waals surface area contributed by atoms with Crippen molar-refractivity contribution in [2.45, 2.75) is 32.3 Å². The van der Waals surface area contributed by atoms with Crippen LogP contribution in [0.2, 0.25) is 0 Å². The van der Waals surface area contributed by atoms with Crippen LogP contribution in [0.15, 0.2) is 24.3 Å². The number of fused-ring (bicyclic) bond motifs is 1. The first kappa shape index (κ1) is 14.5. The maximum atomic E-state index is 12.0. The van der Waals surface area contributed by atoms with Crippen molar-refractivity contribution in [3.05, 3.63) is 29.8 Å². The number of esters is 1. The Bertz CT molecular complexity index is 500. The van der Waals surface area contributed by atoms with Crippen LogP contribution < -0.4 is 4.90 Å². The zero-order chi connectivity index (χ0) is 14.5. The number of hydrogen-bond acceptors (Lipinski definition) is 4. The van der Waals surface area contributed by atoms with Crippen LogP contribution in [0.4, 0.5) is 5.69 Å². The van der Waals surface area contributed by atoms with E-state index in [-0.39, 0.29) is 25.5 Å². The Labute approximate surface area is 118 Å². The van der Waals surface area contributed by atoms with E-state index in [2.05, 4.69) is 0 Å². The maximum Gasteiger partial charge on any atom is 0.308 e. The van der Waals surface area contributed by atoms with Gasteiger partial charge < -0.3 is 14.7 Å². The standard InChI is InChI=1S/C15H19NO4/c1-2-20-15(19)9-12(17)10-16-13-6-4-3-5-11(13)7-8-14(16)18/h3-6,12,17H,2,7-10H2,1H3. The Hall–Kier alpha value is -1.88. The van der Waals surface area contributed by atoms with Gasteiger partial charge in [-0.25, -0.2) is 0 Å². The molecule has 0 aromatic heterocycles. The highest BCUT2D eigenvalue weighted by Crippen LogP contribution is 2.27. The van der Waals surface area contributed by atoms with Crippen molar-refractivity contribution >= 4 is 17.6 Å². The molecule has 0 bridgehead atoms. The Kier molecular flexibility index (Phi) is 4.74. The third kappa shape index (κ3) is 3.36. The fraction of sp³-hybridized carbons (Fsp3) is 0.467. The Morgan fingerprint density at radius 2 is 2.15 bits per heavy atom. The summed E-state index contributed by atoms with van der Waals surface area (Å²) in [6.45, 7) is 2.13. The van der Waals surface area contributed by atoms with Gasteiger partial charge in [0, 0.05) is 12.1 Å². The summed E-state index contributed by atoms with van der Waals surface area (Å²) in [5.74, 6) is -0.468. The van der Waals surface area contributed by atoms with Crippen molar-refractivity contribution in [2.75, 3.05) is 18.1 Å². The van der Waals surface area contributed by atoms with E-state index in [1.807, 2.05) is 24.3 Å². The fourth-order valence-electron chi connectivity index (χ4n) is 2.38. The normalized spacial score (nSPS) is 15.7. The molecule has 1 aromatic rings. The molecule has 0 saturated carbocycles. The quantitative estimate of drug-likeness (QED) is 0.823. The molecule has 1 aliphatic rings. The summed E-state index contributed by atoms with van der Waals surface area (Å²) in [6.07, 6.45) is 0.145. The summed E-state index contributed by atoms with van der Waals surface area (Å²) in [4.78, 5) is 24.9. The number of para-hydroxylation sites is 1. The molecular formula is C15H19NO4. The van der Waals surface area contributed by atoms with Crippen LogP contribution in [0.5, 0.6) is 0 Å². The molecule has 2 rings (SSSR count). The van der Waals surface area contributed by atoms with Gasteiger partial charge in [0.25, 0.3) is 0 Å². The number of aliphatic hydroxyl groups excluding tert-OH is 1. The van der Waals surface area contributed by atoms with Crippen molar-refractivity contribution in [3.63, 3.8) is 0 Å². The second-order valence-electron chi connectivity index (χ2n) is 4.80. The summed E-state index contributed by atoms with van der Waals surface area (Å²) < 4.78 is 4.80. The number of anilines is 1. The predicted molar refractivity (Wildman–Crippen MR) is 74.4 cm³/mol. The highest BCUT2D eigenvalue weighted by atomic mass is 16.5. The molecule has 1 atom stereocenters. The van der Waals surface area contributed by atoms with Gasteiger partial charge >= 0.3 is 5.97 Å². The average molecular weight is 277 g/mol. The molecule has 20 heavy (non-hydrogen) atoms. The second kappa shape index (κ2) is 6.52. The van der Waals surface area contributed by atoms with Crippen LogP contribution in [0.25, 0.3) is 0 Å². The van der Waals surface area contributed by atoms with Gasteiger partial charge in [0.15, 0.2) is 0 Å². The number of rotatable bonds is 5. The van der Waals surface area contributed by atoms with Crippen LogP contribution in [0.1, 0.15) is 25.3 Å². The van der Waals surface area contributed by atoms with Gasteiger partial charge in [-0.05, 0) is 25.0 Å². The first-order valence-electron chi connectivity index (χ1n) is 6.83. The minimum atomic E-state index is -0.913. The van der Waals surface area contributed by atoms with Crippen LogP contribution in [-0.4, -0.2) is 36.2 Å². The average Bonchev–Trinajstić information content (AvgIpc) is 2.42. The number of aryl methyl sites for hydroxylation is 1. The third-order valence-electron chi connectivity index (χ3n) is 3.29. The number of carbonyl (C=O) groups is 2. The van der Waals surface area contributed by atoms with Gasteiger partial charge in [-0.15, -0.1) is 0 Å². The molecule has 5 nitrogen and oxygen atoms in total. The van der Waals surface area contributed by atoms with Gasteiger partial charge in [-0.1, -0.05) is 18.2 Å². The summed E-state index contributed by atoms with van der Waals surface area (Å²) in [5.41, 5.74) is 1.92. The topological polar surface area (TPSA) is 66.8 Å². The van der Waals surface area contributed by atoms with E-state index in [1.54, 1.807) is 11.8 Å². The van der Waals surface area contributed by atoms with Crippen molar-refractivity contribution in [1.82, 2.24) is 0 Å². The molecule has 1 aromatic carbocycles.